The first-order valence-corrected chi connectivity index (χ1v) is 7.37. The van der Waals surface area contributed by atoms with Crippen molar-refractivity contribution in [2.24, 2.45) is 5.10 Å². The Balaban J connectivity index is 1.66. The summed E-state index contributed by atoms with van der Waals surface area (Å²) in [6.07, 6.45) is 3.27. The van der Waals surface area contributed by atoms with Crippen molar-refractivity contribution >= 4 is 28.5 Å². The fraction of sp³-hybridized carbons (Fsp3) is 0.0588. The first-order valence-electron chi connectivity index (χ1n) is 7.37. The summed E-state index contributed by atoms with van der Waals surface area (Å²) in [7, 11) is 1.65. The third kappa shape index (κ3) is 2.52. The summed E-state index contributed by atoms with van der Waals surface area (Å²) in [6, 6.07) is 15.7. The van der Waals surface area contributed by atoms with Crippen LogP contribution >= 0.6 is 0 Å². The normalized spacial score (nSPS) is 11.4. The molecule has 7 heteroatoms. The number of nitrogens with zero attached hydrogens (tertiary/aromatic N) is 5. The number of aromatic nitrogens is 4. The van der Waals surface area contributed by atoms with E-state index in [1.54, 1.807) is 23.9 Å². The minimum Gasteiger partial charge on any atom is -0.496 e. The first-order chi connectivity index (χ1) is 11.8. The molecular formula is C17H14N6O. The zero-order valence-corrected chi connectivity index (χ0v) is 12.9. The molecule has 7 nitrogen and oxygen atoms in total. The molecule has 4 rings (SSSR count). The van der Waals surface area contributed by atoms with Crippen LogP contribution in [0.3, 0.4) is 0 Å². The Bertz CT molecular complexity index is 1040. The number of nitrogens with one attached hydrogen (secondary N) is 1. The van der Waals surface area contributed by atoms with E-state index in [1.807, 2.05) is 36.4 Å². The molecule has 0 atom stereocenters. The van der Waals surface area contributed by atoms with Crippen molar-refractivity contribution in [1.29, 1.82) is 0 Å². The van der Waals surface area contributed by atoms with Gasteiger partial charge in [-0.05, 0) is 29.0 Å². The average Bonchev–Trinajstić information content (AvgIpc) is 3.09. The molecular weight excluding hydrogens is 304 g/mol. The van der Waals surface area contributed by atoms with Crippen LogP contribution in [0.15, 0.2) is 60.0 Å². The Morgan fingerprint density at radius 2 is 2.04 bits per heavy atom. The van der Waals surface area contributed by atoms with Gasteiger partial charge in [-0.1, -0.05) is 30.3 Å². The van der Waals surface area contributed by atoms with Crippen LogP contribution in [-0.4, -0.2) is 33.1 Å². The monoisotopic (exact) mass is 318 g/mol. The van der Waals surface area contributed by atoms with Gasteiger partial charge in [0.25, 0.3) is 0 Å². The van der Waals surface area contributed by atoms with E-state index < -0.39 is 0 Å². The summed E-state index contributed by atoms with van der Waals surface area (Å²) in [5.74, 6) is 1.36. The summed E-state index contributed by atoms with van der Waals surface area (Å²) in [6.45, 7) is 0. The third-order valence-corrected chi connectivity index (χ3v) is 3.69. The Morgan fingerprint density at radius 3 is 2.96 bits per heavy atom. The van der Waals surface area contributed by atoms with Crippen LogP contribution in [-0.2, 0) is 0 Å². The second kappa shape index (κ2) is 5.96. The molecule has 118 valence electrons. The summed E-state index contributed by atoms with van der Waals surface area (Å²) < 4.78 is 7.03. The van der Waals surface area contributed by atoms with E-state index in [-0.39, 0.29) is 0 Å². The molecule has 0 aliphatic heterocycles. The van der Waals surface area contributed by atoms with Gasteiger partial charge in [-0.15, -0.1) is 15.3 Å². The number of benzene rings is 2. The quantitative estimate of drug-likeness (QED) is 0.462. The molecule has 0 saturated heterocycles. The van der Waals surface area contributed by atoms with Crippen LogP contribution in [0.1, 0.15) is 5.56 Å². The van der Waals surface area contributed by atoms with Gasteiger partial charge < -0.3 is 4.74 Å². The van der Waals surface area contributed by atoms with Crippen molar-refractivity contribution in [3.05, 3.63) is 60.4 Å². The molecule has 24 heavy (non-hydrogen) atoms. The minimum atomic E-state index is 0.595. The maximum absolute atomic E-state index is 5.45. The lowest BCUT2D eigenvalue weighted by atomic mass is 10.0. The maximum atomic E-state index is 5.45. The number of methoxy groups -OCH3 is 1. The topological polar surface area (TPSA) is 76.7 Å². The lowest BCUT2D eigenvalue weighted by Crippen LogP contribution is -1.99. The second-order valence-corrected chi connectivity index (χ2v) is 5.12. The highest BCUT2D eigenvalue weighted by Gasteiger charge is 2.06. The zero-order valence-electron chi connectivity index (χ0n) is 12.9. The number of anilines is 1. The molecule has 2 aromatic heterocycles. The van der Waals surface area contributed by atoms with Crippen molar-refractivity contribution < 1.29 is 4.74 Å². The number of hydrogen-bond acceptors (Lipinski definition) is 6. The van der Waals surface area contributed by atoms with Gasteiger partial charge >= 0.3 is 0 Å². The van der Waals surface area contributed by atoms with Gasteiger partial charge in [0.05, 0.1) is 13.3 Å². The zero-order chi connectivity index (χ0) is 16.4. The molecule has 2 aromatic carbocycles. The van der Waals surface area contributed by atoms with Crippen molar-refractivity contribution in [3.63, 3.8) is 0 Å². The van der Waals surface area contributed by atoms with E-state index in [4.69, 9.17) is 4.74 Å². The lowest BCUT2D eigenvalue weighted by molar-refractivity contribution is 0.415. The standard InChI is InChI=1S/C17H14N6O/c1-24-15-7-6-12-4-2-3-5-13(12)14(15)10-18-20-16-8-9-17-21-19-11-23(17)22-16/h2-11H,1H3,(H,20,22)/b18-10+. The number of hydrogen-bond donors (Lipinski definition) is 1. The van der Waals surface area contributed by atoms with Crippen molar-refractivity contribution in [2.45, 2.75) is 0 Å². The largest absolute Gasteiger partial charge is 0.496 e. The van der Waals surface area contributed by atoms with Crippen molar-refractivity contribution in [2.75, 3.05) is 12.5 Å². The summed E-state index contributed by atoms with van der Waals surface area (Å²) in [4.78, 5) is 0. The van der Waals surface area contributed by atoms with Gasteiger partial charge in [0, 0.05) is 5.56 Å². The van der Waals surface area contributed by atoms with E-state index >= 15 is 0 Å². The molecule has 0 fully saturated rings. The molecule has 0 aliphatic carbocycles. The highest BCUT2D eigenvalue weighted by atomic mass is 16.5. The molecule has 0 spiro atoms. The van der Waals surface area contributed by atoms with E-state index in [0.29, 0.717) is 11.5 Å². The average molecular weight is 318 g/mol. The summed E-state index contributed by atoms with van der Waals surface area (Å²) in [5, 5.41) is 18.5. The smallest absolute Gasteiger partial charge is 0.177 e. The maximum Gasteiger partial charge on any atom is 0.177 e. The fourth-order valence-electron chi connectivity index (χ4n) is 2.54. The van der Waals surface area contributed by atoms with Crippen LogP contribution < -0.4 is 10.2 Å². The predicted molar refractivity (Wildman–Crippen MR) is 92.5 cm³/mol. The molecule has 0 radical (unpaired) electrons. The van der Waals surface area contributed by atoms with Crippen LogP contribution in [0.25, 0.3) is 16.4 Å². The van der Waals surface area contributed by atoms with Gasteiger partial charge in [0.15, 0.2) is 11.5 Å². The second-order valence-electron chi connectivity index (χ2n) is 5.12. The highest BCUT2D eigenvalue weighted by molar-refractivity contribution is 6.02. The Labute approximate surface area is 137 Å². The SMILES string of the molecule is COc1ccc2ccccc2c1/C=N/Nc1ccc2nncn2n1. The summed E-state index contributed by atoms with van der Waals surface area (Å²) >= 11 is 0. The van der Waals surface area contributed by atoms with Crippen molar-refractivity contribution in [1.82, 2.24) is 19.8 Å². The summed E-state index contributed by atoms with van der Waals surface area (Å²) in [5.41, 5.74) is 4.51. The molecule has 0 aliphatic rings. The molecule has 4 aromatic rings. The van der Waals surface area contributed by atoms with E-state index in [0.717, 1.165) is 22.1 Å². The van der Waals surface area contributed by atoms with Gasteiger partial charge in [-0.25, -0.2) is 0 Å². The van der Waals surface area contributed by atoms with Gasteiger partial charge in [-0.3, -0.25) is 5.43 Å². The van der Waals surface area contributed by atoms with E-state index in [9.17, 15) is 0 Å². The highest BCUT2D eigenvalue weighted by Crippen LogP contribution is 2.26. The molecule has 1 N–H and O–H groups in total. The lowest BCUT2D eigenvalue weighted by Gasteiger charge is -2.08. The van der Waals surface area contributed by atoms with Gasteiger partial charge in [0.2, 0.25) is 0 Å². The fourth-order valence-corrected chi connectivity index (χ4v) is 2.54. The van der Waals surface area contributed by atoms with E-state index in [2.05, 4.69) is 31.9 Å². The predicted octanol–water partition coefficient (Wildman–Crippen LogP) is 2.73. The molecule has 0 amide bonds. The van der Waals surface area contributed by atoms with Gasteiger partial charge in [0.1, 0.15) is 12.1 Å². The molecule has 2 heterocycles. The van der Waals surface area contributed by atoms with Crippen LogP contribution in [0, 0.1) is 0 Å². The molecule has 0 unspecified atom stereocenters. The molecule has 0 bridgehead atoms. The van der Waals surface area contributed by atoms with Crippen LogP contribution in [0.5, 0.6) is 5.75 Å². The van der Waals surface area contributed by atoms with Crippen molar-refractivity contribution in [3.8, 4) is 5.75 Å². The van der Waals surface area contributed by atoms with Gasteiger partial charge in [-0.2, -0.15) is 9.62 Å². The Kier molecular flexibility index (Phi) is 3.51. The Morgan fingerprint density at radius 1 is 1.12 bits per heavy atom. The minimum absolute atomic E-state index is 0.595. The number of hydrazone groups is 1. The third-order valence-electron chi connectivity index (χ3n) is 3.69. The number of ether oxygens (including phenoxy) is 1. The number of fused-ring (bicyclic) bond motifs is 2. The van der Waals surface area contributed by atoms with E-state index in [1.165, 1.54) is 6.33 Å². The Hall–Kier alpha value is -3.48. The van der Waals surface area contributed by atoms with Crippen LogP contribution in [0.2, 0.25) is 0 Å². The number of rotatable bonds is 4. The molecule has 0 saturated carbocycles. The van der Waals surface area contributed by atoms with Crippen LogP contribution in [0.4, 0.5) is 5.82 Å². The first kappa shape index (κ1) is 14.1.